The summed E-state index contributed by atoms with van der Waals surface area (Å²) in [7, 11) is 2.01. The molecule has 3 rings (SSSR count). The van der Waals surface area contributed by atoms with Crippen molar-refractivity contribution in [2.75, 3.05) is 20.2 Å². The molecule has 0 saturated heterocycles. The number of hydrogen-bond donors (Lipinski definition) is 2. The number of benzene rings is 2. The van der Waals surface area contributed by atoms with Crippen LogP contribution in [-0.2, 0) is 6.42 Å². The largest absolute Gasteiger partial charge is 0.489 e. The maximum absolute atomic E-state index is 10.4. The topological polar surface area (TPSA) is 72.3 Å². The fraction of sp³-hybridized carbons (Fsp3) is 0.348. The third-order valence-electron chi connectivity index (χ3n) is 5.17. The molecule has 0 aliphatic heterocycles. The lowest BCUT2D eigenvalue weighted by molar-refractivity contribution is 0.0416. The summed E-state index contributed by atoms with van der Waals surface area (Å²) >= 11 is 0. The van der Waals surface area contributed by atoms with Crippen molar-refractivity contribution < 1.29 is 9.84 Å². The van der Waals surface area contributed by atoms with Gasteiger partial charge >= 0.3 is 0 Å². The zero-order valence-corrected chi connectivity index (χ0v) is 16.6. The molecule has 28 heavy (non-hydrogen) atoms. The molecule has 0 aliphatic carbocycles. The van der Waals surface area contributed by atoms with Crippen LogP contribution in [0, 0.1) is 11.3 Å². The minimum absolute atomic E-state index is 0.144. The molecule has 0 bridgehead atoms. The Kier molecular flexibility index (Phi) is 6.03. The Morgan fingerprint density at radius 3 is 2.64 bits per heavy atom. The normalized spacial score (nSPS) is 12.9. The third-order valence-corrected chi connectivity index (χ3v) is 5.17. The van der Waals surface area contributed by atoms with E-state index >= 15 is 0 Å². The minimum atomic E-state index is -0.654. The van der Waals surface area contributed by atoms with Crippen LogP contribution in [0.25, 0.3) is 10.9 Å². The van der Waals surface area contributed by atoms with E-state index in [1.807, 2.05) is 25.2 Å². The first-order valence-corrected chi connectivity index (χ1v) is 9.47. The van der Waals surface area contributed by atoms with Gasteiger partial charge in [-0.15, -0.1) is 0 Å². The lowest BCUT2D eigenvalue weighted by Crippen LogP contribution is -2.47. The van der Waals surface area contributed by atoms with Gasteiger partial charge in [0.2, 0.25) is 0 Å². The number of rotatable bonds is 8. The molecule has 5 heteroatoms. The fourth-order valence-electron chi connectivity index (χ4n) is 3.32. The van der Waals surface area contributed by atoms with Crippen molar-refractivity contribution in [3.05, 3.63) is 65.9 Å². The molecule has 0 spiro atoms. The highest BCUT2D eigenvalue weighted by Crippen LogP contribution is 2.23. The van der Waals surface area contributed by atoms with Gasteiger partial charge in [0, 0.05) is 29.7 Å². The standard InChI is InChI=1S/C23H27N3O2/c1-23(2,13-19-12-17-8-4-6-10-21(17)25-19)26(3)15-20(27)16-28-22-11-7-5-9-18(22)14-24/h4-12,20,25,27H,13,15-16H2,1-3H3. The molecule has 3 aromatic rings. The number of nitriles is 1. The number of nitrogens with zero attached hydrogens (tertiary/aromatic N) is 2. The average molecular weight is 377 g/mol. The maximum Gasteiger partial charge on any atom is 0.137 e. The quantitative estimate of drug-likeness (QED) is 0.627. The van der Waals surface area contributed by atoms with Crippen LogP contribution in [0.5, 0.6) is 5.75 Å². The highest BCUT2D eigenvalue weighted by atomic mass is 16.5. The van der Waals surface area contributed by atoms with Crippen LogP contribution in [0.4, 0.5) is 0 Å². The summed E-state index contributed by atoms with van der Waals surface area (Å²) in [6.45, 7) is 4.95. The molecule has 1 atom stereocenters. The van der Waals surface area contributed by atoms with Crippen molar-refractivity contribution in [2.45, 2.75) is 31.9 Å². The number of fused-ring (bicyclic) bond motifs is 1. The molecule has 1 heterocycles. The van der Waals surface area contributed by atoms with Gasteiger partial charge in [0.25, 0.3) is 0 Å². The number of nitrogens with one attached hydrogen (secondary N) is 1. The molecule has 2 aromatic carbocycles. The predicted octanol–water partition coefficient (Wildman–Crippen LogP) is 3.73. The number of β-amino-alcohol motifs (C(OH)–C–C–N with tert-alkyl or cyclic N) is 1. The number of likely N-dealkylation sites (N-methyl/N-ethyl adjacent to an activating group) is 1. The van der Waals surface area contributed by atoms with Crippen LogP contribution in [0.15, 0.2) is 54.6 Å². The van der Waals surface area contributed by atoms with Gasteiger partial charge in [-0.2, -0.15) is 5.26 Å². The van der Waals surface area contributed by atoms with Crippen molar-refractivity contribution in [2.24, 2.45) is 0 Å². The summed E-state index contributed by atoms with van der Waals surface area (Å²) in [5, 5.41) is 20.8. The van der Waals surface area contributed by atoms with Crippen LogP contribution in [-0.4, -0.2) is 46.8 Å². The summed E-state index contributed by atoms with van der Waals surface area (Å²) in [5.74, 6) is 0.504. The molecule has 0 amide bonds. The first-order valence-electron chi connectivity index (χ1n) is 9.47. The van der Waals surface area contributed by atoms with Crippen molar-refractivity contribution in [3.8, 4) is 11.8 Å². The number of aliphatic hydroxyl groups excluding tert-OH is 1. The van der Waals surface area contributed by atoms with Gasteiger partial charge in [0.1, 0.15) is 24.5 Å². The van der Waals surface area contributed by atoms with E-state index in [4.69, 9.17) is 10.00 Å². The van der Waals surface area contributed by atoms with Crippen LogP contribution in [0.1, 0.15) is 25.1 Å². The first kappa shape index (κ1) is 19.9. The molecule has 0 saturated carbocycles. The van der Waals surface area contributed by atoms with Crippen molar-refractivity contribution >= 4 is 10.9 Å². The molecule has 2 N–H and O–H groups in total. The molecule has 1 aromatic heterocycles. The molecule has 5 nitrogen and oxygen atoms in total. The summed E-state index contributed by atoms with van der Waals surface area (Å²) < 4.78 is 5.66. The SMILES string of the molecule is CN(CC(O)COc1ccccc1C#N)C(C)(C)Cc1cc2ccccc2[nH]1. The van der Waals surface area contributed by atoms with Crippen molar-refractivity contribution in [1.29, 1.82) is 5.26 Å². The Labute approximate surface area is 166 Å². The minimum Gasteiger partial charge on any atom is -0.489 e. The highest BCUT2D eigenvalue weighted by Gasteiger charge is 2.26. The summed E-state index contributed by atoms with van der Waals surface area (Å²) in [5.41, 5.74) is 2.64. The van der Waals surface area contributed by atoms with Gasteiger partial charge in [-0.25, -0.2) is 0 Å². The summed E-state index contributed by atoms with van der Waals surface area (Å²) in [6, 6.07) is 19.6. The van der Waals surface area contributed by atoms with Crippen LogP contribution in [0.3, 0.4) is 0 Å². The van der Waals surface area contributed by atoms with Crippen molar-refractivity contribution in [1.82, 2.24) is 9.88 Å². The smallest absolute Gasteiger partial charge is 0.137 e. The Bertz CT molecular complexity index is 938. The lowest BCUT2D eigenvalue weighted by Gasteiger charge is -2.36. The van der Waals surface area contributed by atoms with E-state index in [2.05, 4.69) is 48.0 Å². The Hall–Kier alpha value is -2.81. The van der Waals surface area contributed by atoms with E-state index in [1.54, 1.807) is 18.2 Å². The second-order valence-corrected chi connectivity index (χ2v) is 7.82. The average Bonchev–Trinajstić information content (AvgIpc) is 3.08. The van der Waals surface area contributed by atoms with E-state index in [0.29, 0.717) is 17.9 Å². The second-order valence-electron chi connectivity index (χ2n) is 7.82. The van der Waals surface area contributed by atoms with Crippen molar-refractivity contribution in [3.63, 3.8) is 0 Å². The summed E-state index contributed by atoms with van der Waals surface area (Å²) in [6.07, 6.45) is 0.182. The van der Waals surface area contributed by atoms with Gasteiger partial charge in [-0.05, 0) is 50.5 Å². The predicted molar refractivity (Wildman–Crippen MR) is 111 cm³/mol. The Morgan fingerprint density at radius 2 is 1.89 bits per heavy atom. The van der Waals surface area contributed by atoms with E-state index < -0.39 is 6.10 Å². The Balaban J connectivity index is 1.57. The molecule has 0 aliphatic rings. The van der Waals surface area contributed by atoms with Crippen LogP contribution in [0.2, 0.25) is 0 Å². The van der Waals surface area contributed by atoms with Gasteiger partial charge in [-0.3, -0.25) is 4.90 Å². The number of aliphatic hydroxyl groups is 1. The van der Waals surface area contributed by atoms with Gasteiger partial charge in [-0.1, -0.05) is 30.3 Å². The number of aromatic nitrogens is 1. The second kappa shape index (κ2) is 8.47. The monoisotopic (exact) mass is 377 g/mol. The summed E-state index contributed by atoms with van der Waals surface area (Å²) in [4.78, 5) is 5.62. The van der Waals surface area contributed by atoms with Gasteiger partial charge in [0.15, 0.2) is 0 Å². The van der Waals surface area contributed by atoms with E-state index in [1.165, 1.54) is 11.1 Å². The molecule has 1 unspecified atom stereocenters. The van der Waals surface area contributed by atoms with E-state index in [9.17, 15) is 5.11 Å². The molecule has 0 radical (unpaired) electrons. The molecule has 146 valence electrons. The molecule has 0 fully saturated rings. The molecular weight excluding hydrogens is 350 g/mol. The number of hydrogen-bond acceptors (Lipinski definition) is 4. The zero-order chi connectivity index (χ0) is 20.1. The highest BCUT2D eigenvalue weighted by molar-refractivity contribution is 5.80. The number of H-pyrrole nitrogens is 1. The fourth-order valence-corrected chi connectivity index (χ4v) is 3.32. The van der Waals surface area contributed by atoms with Crippen LogP contribution >= 0.6 is 0 Å². The number of para-hydroxylation sites is 2. The lowest BCUT2D eigenvalue weighted by atomic mass is 9.96. The maximum atomic E-state index is 10.4. The van der Waals surface area contributed by atoms with Gasteiger partial charge < -0.3 is 14.8 Å². The zero-order valence-electron chi connectivity index (χ0n) is 16.6. The van der Waals surface area contributed by atoms with E-state index in [-0.39, 0.29) is 12.1 Å². The van der Waals surface area contributed by atoms with Gasteiger partial charge in [0.05, 0.1) is 5.56 Å². The number of aromatic amines is 1. The number of ether oxygens (including phenoxy) is 1. The third kappa shape index (κ3) is 4.72. The molecular formula is C23H27N3O2. The van der Waals surface area contributed by atoms with E-state index in [0.717, 1.165) is 11.9 Å². The Morgan fingerprint density at radius 1 is 1.18 bits per heavy atom. The van der Waals surface area contributed by atoms with Crippen LogP contribution < -0.4 is 4.74 Å². The first-order chi connectivity index (χ1) is 13.4.